The molecule has 2 aromatic heterocycles. The molecule has 3 aromatic rings. The number of nitrogens with one attached hydrogen (secondary N) is 1. The summed E-state index contributed by atoms with van der Waals surface area (Å²) in [5, 5.41) is 18.6. The Bertz CT molecular complexity index is 1770. The van der Waals surface area contributed by atoms with Gasteiger partial charge in [0.15, 0.2) is 13.5 Å². The number of amides is 1. The van der Waals surface area contributed by atoms with Gasteiger partial charge in [-0.2, -0.15) is 10.4 Å². The highest BCUT2D eigenvalue weighted by Gasteiger charge is 2.47. The van der Waals surface area contributed by atoms with Crippen LogP contribution in [0.3, 0.4) is 0 Å². The first-order valence-corrected chi connectivity index (χ1v) is 21.0. The molecule has 2 aliphatic rings. The quantitative estimate of drug-likeness (QED) is 0.205. The van der Waals surface area contributed by atoms with Crippen molar-refractivity contribution in [3.63, 3.8) is 0 Å². The van der Waals surface area contributed by atoms with E-state index in [0.717, 1.165) is 31.5 Å². The van der Waals surface area contributed by atoms with Crippen LogP contribution in [0.5, 0.6) is 0 Å². The SMILES string of the molecule is CC(C)(C)OC(=O)N1C[C@](C)(CO[Si](C)(C)C(C)(C)C)c2cc(-c3ccnc(Nc4cc(Cl)nn4CC4CCN(CCF)CC4)n3)cc(C#N)c21. The number of hydrogen-bond acceptors (Lipinski definition) is 9. The van der Waals surface area contributed by atoms with Crippen molar-refractivity contribution < 1.29 is 18.3 Å². The fraction of sp³-hybridized carbons (Fsp3) is 0.595. The zero-order valence-electron chi connectivity index (χ0n) is 31.4. The molecule has 1 aromatic carbocycles. The van der Waals surface area contributed by atoms with Gasteiger partial charge in [-0.1, -0.05) is 39.3 Å². The summed E-state index contributed by atoms with van der Waals surface area (Å²) >= 11 is 6.37. The number of nitrogens with zero attached hydrogens (tertiary/aromatic N) is 7. The lowest BCUT2D eigenvalue weighted by Crippen LogP contribution is -2.46. The van der Waals surface area contributed by atoms with Gasteiger partial charge >= 0.3 is 6.09 Å². The van der Waals surface area contributed by atoms with Gasteiger partial charge < -0.3 is 19.4 Å². The van der Waals surface area contributed by atoms with Crippen LogP contribution in [0.4, 0.5) is 26.6 Å². The summed E-state index contributed by atoms with van der Waals surface area (Å²) in [5.41, 5.74) is 1.70. The molecular weight excluding hydrogens is 687 g/mol. The minimum Gasteiger partial charge on any atom is -0.443 e. The van der Waals surface area contributed by atoms with Gasteiger partial charge in [0, 0.05) is 49.5 Å². The first-order valence-electron chi connectivity index (χ1n) is 17.7. The fourth-order valence-electron chi connectivity index (χ4n) is 6.36. The number of hydrogen-bond donors (Lipinski definition) is 1. The van der Waals surface area contributed by atoms with Crippen LogP contribution in [-0.4, -0.2) is 84.1 Å². The molecule has 276 valence electrons. The number of rotatable bonds is 10. The van der Waals surface area contributed by atoms with E-state index in [-0.39, 0.29) is 11.7 Å². The van der Waals surface area contributed by atoms with Crippen molar-refractivity contribution in [3.8, 4) is 17.3 Å². The predicted molar refractivity (Wildman–Crippen MR) is 202 cm³/mol. The Hall–Kier alpha value is -3.57. The molecule has 0 spiro atoms. The molecule has 1 N–H and O–H groups in total. The molecule has 0 unspecified atom stereocenters. The zero-order chi connectivity index (χ0) is 37.4. The molecule has 0 radical (unpaired) electrons. The van der Waals surface area contributed by atoms with Gasteiger partial charge in [0.1, 0.15) is 24.2 Å². The average molecular weight is 739 g/mol. The van der Waals surface area contributed by atoms with Crippen molar-refractivity contribution in [1.29, 1.82) is 5.26 Å². The molecule has 0 bridgehead atoms. The van der Waals surface area contributed by atoms with Gasteiger partial charge in [-0.25, -0.2) is 23.8 Å². The Balaban J connectivity index is 1.46. The molecule has 1 saturated heterocycles. The van der Waals surface area contributed by atoms with E-state index in [1.54, 1.807) is 29.3 Å². The number of benzene rings is 1. The van der Waals surface area contributed by atoms with Crippen LogP contribution in [-0.2, 0) is 21.1 Å². The Labute approximate surface area is 307 Å². The highest BCUT2D eigenvalue weighted by Crippen LogP contribution is 2.47. The lowest BCUT2D eigenvalue weighted by atomic mass is 9.83. The van der Waals surface area contributed by atoms with Crippen LogP contribution < -0.4 is 10.2 Å². The van der Waals surface area contributed by atoms with Crippen molar-refractivity contribution in [2.75, 3.05) is 49.7 Å². The summed E-state index contributed by atoms with van der Waals surface area (Å²) in [4.78, 5) is 26.7. The molecule has 4 heterocycles. The zero-order valence-corrected chi connectivity index (χ0v) is 33.2. The third kappa shape index (κ3) is 8.91. The van der Waals surface area contributed by atoms with E-state index < -0.39 is 25.4 Å². The number of nitriles is 1. The number of carbonyl (C=O) groups is 1. The highest BCUT2D eigenvalue weighted by molar-refractivity contribution is 6.74. The van der Waals surface area contributed by atoms with Gasteiger partial charge in [-0.15, -0.1) is 0 Å². The monoisotopic (exact) mass is 738 g/mol. The standard InChI is InChI=1S/C37H52ClFN8O3Si/c1-35(2,3)50-34(48)46-23-37(7,24-49-51(8,9)36(4,5)6)28-19-26(18-27(21-40)32(28)46)29-10-14-41-33(42-29)43-31-20-30(38)44-47(31)22-25-11-15-45(16-12-25)17-13-39/h10,14,18-20,25H,11-13,15-17,22-24H2,1-9H3,(H,41,42,43)/t37-/m1/s1. The van der Waals surface area contributed by atoms with Gasteiger partial charge in [-0.3, -0.25) is 4.90 Å². The maximum Gasteiger partial charge on any atom is 0.414 e. The van der Waals surface area contributed by atoms with Gasteiger partial charge in [0.05, 0.1) is 16.9 Å². The number of halogens is 2. The first kappa shape index (κ1) is 38.7. The second kappa shape index (κ2) is 14.8. The fourth-order valence-corrected chi connectivity index (χ4v) is 7.67. The van der Waals surface area contributed by atoms with Gasteiger partial charge in [-0.05, 0) is 94.5 Å². The molecule has 5 rings (SSSR count). The van der Waals surface area contributed by atoms with E-state index in [1.807, 2.05) is 31.5 Å². The molecule has 2 aliphatic heterocycles. The van der Waals surface area contributed by atoms with Gasteiger partial charge in [0.25, 0.3) is 0 Å². The Morgan fingerprint density at radius 1 is 1.18 bits per heavy atom. The van der Waals surface area contributed by atoms with Crippen LogP contribution in [0.2, 0.25) is 23.3 Å². The lowest BCUT2D eigenvalue weighted by Gasteiger charge is -2.39. The Morgan fingerprint density at radius 2 is 1.88 bits per heavy atom. The summed E-state index contributed by atoms with van der Waals surface area (Å²) in [6.07, 6.45) is 3.07. The summed E-state index contributed by atoms with van der Waals surface area (Å²) in [5.74, 6) is 1.40. The smallest absolute Gasteiger partial charge is 0.414 e. The molecular formula is C37H52ClFN8O3Si. The summed E-state index contributed by atoms with van der Waals surface area (Å²) in [6, 6.07) is 9.67. The third-order valence-electron chi connectivity index (χ3n) is 10.3. The molecule has 0 saturated carbocycles. The lowest BCUT2D eigenvalue weighted by molar-refractivity contribution is 0.0575. The summed E-state index contributed by atoms with van der Waals surface area (Å²) in [7, 11) is -2.16. The van der Waals surface area contributed by atoms with Crippen LogP contribution in [0.25, 0.3) is 11.3 Å². The second-order valence-electron chi connectivity index (χ2n) is 16.6. The van der Waals surface area contributed by atoms with Crippen molar-refractivity contribution in [2.24, 2.45) is 5.92 Å². The van der Waals surface area contributed by atoms with Crippen LogP contribution in [0.1, 0.15) is 72.4 Å². The van der Waals surface area contributed by atoms with E-state index in [4.69, 9.17) is 25.7 Å². The van der Waals surface area contributed by atoms with Crippen molar-refractivity contribution >= 4 is 43.5 Å². The van der Waals surface area contributed by atoms with Crippen LogP contribution in [0.15, 0.2) is 30.5 Å². The number of aromatic nitrogens is 4. The number of carbonyl (C=O) groups excluding carboxylic acids is 1. The number of likely N-dealkylation sites (tertiary alicyclic amines) is 1. The first-order chi connectivity index (χ1) is 23.8. The minimum atomic E-state index is -2.16. The maximum absolute atomic E-state index is 13.6. The van der Waals surface area contributed by atoms with Crippen molar-refractivity contribution in [2.45, 2.75) is 97.0 Å². The Kier molecular flexibility index (Phi) is 11.2. The topological polar surface area (TPSA) is 121 Å². The van der Waals surface area contributed by atoms with Crippen molar-refractivity contribution in [3.05, 3.63) is 46.7 Å². The third-order valence-corrected chi connectivity index (χ3v) is 15.0. The van der Waals surface area contributed by atoms with Crippen LogP contribution in [0, 0.1) is 17.2 Å². The second-order valence-corrected chi connectivity index (χ2v) is 21.8. The molecule has 1 amide bonds. The number of ether oxygens (including phenoxy) is 1. The molecule has 1 fully saturated rings. The molecule has 0 aliphatic carbocycles. The summed E-state index contributed by atoms with van der Waals surface area (Å²) < 4.78 is 27.2. The van der Waals surface area contributed by atoms with E-state index >= 15 is 0 Å². The number of alkyl halides is 1. The van der Waals surface area contributed by atoms with Crippen molar-refractivity contribution in [1.82, 2.24) is 24.6 Å². The number of fused-ring (bicyclic) bond motifs is 1. The van der Waals surface area contributed by atoms with Gasteiger partial charge in [0.2, 0.25) is 5.95 Å². The Morgan fingerprint density at radius 3 is 2.51 bits per heavy atom. The molecule has 11 nitrogen and oxygen atoms in total. The number of piperidine rings is 1. The molecule has 1 atom stereocenters. The minimum absolute atomic E-state index is 0.00692. The predicted octanol–water partition coefficient (Wildman–Crippen LogP) is 8.32. The maximum atomic E-state index is 13.6. The van der Waals surface area contributed by atoms with E-state index in [0.29, 0.717) is 71.6 Å². The normalized spacial score (nSPS) is 18.8. The van der Waals surface area contributed by atoms with E-state index in [2.05, 4.69) is 67.2 Å². The average Bonchev–Trinajstić information content (AvgIpc) is 3.55. The molecule has 14 heteroatoms. The van der Waals surface area contributed by atoms with Crippen LogP contribution >= 0.6 is 11.6 Å². The summed E-state index contributed by atoms with van der Waals surface area (Å²) in [6.45, 7) is 21.8. The van der Waals surface area contributed by atoms with E-state index in [9.17, 15) is 14.4 Å². The highest BCUT2D eigenvalue weighted by atomic mass is 35.5. The largest absolute Gasteiger partial charge is 0.443 e. The van der Waals surface area contributed by atoms with E-state index in [1.165, 1.54) is 0 Å². The number of anilines is 3. The molecule has 51 heavy (non-hydrogen) atoms.